The number of aliphatic carboxylic acids is 2. The number of aryl methyl sites for hydroxylation is 1. The minimum atomic E-state index is -2.27. The minimum Gasteiger partial charge on any atom is -0.479 e. The molecule has 6 N–H and O–H groups in total. The Kier molecular flexibility index (Phi) is 8.52. The van der Waals surface area contributed by atoms with Gasteiger partial charge in [0.1, 0.15) is 11.5 Å². The van der Waals surface area contributed by atoms with E-state index in [2.05, 4.69) is 26.8 Å². The summed E-state index contributed by atoms with van der Waals surface area (Å²) in [7, 11) is 0. The van der Waals surface area contributed by atoms with E-state index in [0.717, 1.165) is 17.9 Å². The van der Waals surface area contributed by atoms with Crippen LogP contribution in [-0.2, 0) is 9.59 Å². The van der Waals surface area contributed by atoms with Crippen LogP contribution in [0.3, 0.4) is 0 Å². The minimum absolute atomic E-state index is 0.0474. The maximum Gasteiger partial charge on any atom is 0.335 e. The average Bonchev–Trinajstić information content (AvgIpc) is 2.87. The number of carbonyl (C=O) groups is 2. The molecule has 0 aliphatic heterocycles. The summed E-state index contributed by atoms with van der Waals surface area (Å²) >= 11 is 0. The molecule has 0 bridgehead atoms. The van der Waals surface area contributed by atoms with Crippen LogP contribution < -0.4 is 5.73 Å². The van der Waals surface area contributed by atoms with Crippen molar-refractivity contribution in [3.05, 3.63) is 23.2 Å². The summed E-state index contributed by atoms with van der Waals surface area (Å²) in [6, 6.07) is 2.14. The Bertz CT molecular complexity index is 506. The van der Waals surface area contributed by atoms with E-state index in [1.807, 2.05) is 6.92 Å². The maximum absolute atomic E-state index is 9.77. The lowest BCUT2D eigenvalue weighted by Gasteiger charge is -2.07. The molecule has 132 valence electrons. The number of carboxylic acid groups (broad SMARTS) is 2. The van der Waals surface area contributed by atoms with Crippen LogP contribution in [0.25, 0.3) is 0 Å². The number of rotatable bonds is 6. The van der Waals surface area contributed by atoms with Gasteiger partial charge in [0.2, 0.25) is 0 Å². The third-order valence-electron chi connectivity index (χ3n) is 3.21. The van der Waals surface area contributed by atoms with Gasteiger partial charge in [0, 0.05) is 0 Å². The summed E-state index contributed by atoms with van der Waals surface area (Å²) in [6.45, 7) is 8.40. The van der Waals surface area contributed by atoms with Gasteiger partial charge in [-0.05, 0) is 30.9 Å². The van der Waals surface area contributed by atoms with Crippen molar-refractivity contribution in [3.63, 3.8) is 0 Å². The van der Waals surface area contributed by atoms with Gasteiger partial charge in [-0.1, -0.05) is 20.8 Å². The number of carboxylic acids is 2. The first-order valence-corrected chi connectivity index (χ1v) is 7.20. The summed E-state index contributed by atoms with van der Waals surface area (Å²) < 4.78 is 5.60. The SMILES string of the molecule is CCC(N)c1cc(C(C)C)c(C)o1.O=C(O)C(O)C(O)C(=O)O. The predicted octanol–water partition coefficient (Wildman–Crippen LogP) is 0.999. The summed E-state index contributed by atoms with van der Waals surface area (Å²) in [6.07, 6.45) is -3.61. The molecule has 3 atom stereocenters. The van der Waals surface area contributed by atoms with Crippen molar-refractivity contribution in [2.45, 2.75) is 58.3 Å². The molecule has 0 saturated carbocycles. The molecule has 3 unspecified atom stereocenters. The van der Waals surface area contributed by atoms with Crippen LogP contribution >= 0.6 is 0 Å². The molecule has 0 spiro atoms. The highest BCUT2D eigenvalue weighted by atomic mass is 16.4. The van der Waals surface area contributed by atoms with Gasteiger partial charge in [-0.2, -0.15) is 0 Å². The monoisotopic (exact) mass is 331 g/mol. The zero-order valence-corrected chi connectivity index (χ0v) is 13.7. The molecule has 0 radical (unpaired) electrons. The largest absolute Gasteiger partial charge is 0.479 e. The fourth-order valence-corrected chi connectivity index (χ4v) is 1.75. The zero-order valence-electron chi connectivity index (χ0n) is 13.7. The lowest BCUT2D eigenvalue weighted by Crippen LogP contribution is -2.39. The van der Waals surface area contributed by atoms with E-state index < -0.39 is 24.1 Å². The maximum atomic E-state index is 9.77. The van der Waals surface area contributed by atoms with Crippen LogP contribution in [0.5, 0.6) is 0 Å². The lowest BCUT2D eigenvalue weighted by molar-refractivity contribution is -0.165. The predicted molar refractivity (Wildman–Crippen MR) is 82.0 cm³/mol. The Morgan fingerprint density at radius 1 is 1.17 bits per heavy atom. The van der Waals surface area contributed by atoms with Gasteiger partial charge in [0.25, 0.3) is 0 Å². The van der Waals surface area contributed by atoms with Crippen LogP contribution in [0, 0.1) is 6.92 Å². The van der Waals surface area contributed by atoms with Crippen molar-refractivity contribution < 1.29 is 34.4 Å². The Morgan fingerprint density at radius 2 is 1.61 bits per heavy atom. The Balaban J connectivity index is 0.000000438. The van der Waals surface area contributed by atoms with Gasteiger partial charge < -0.3 is 30.6 Å². The van der Waals surface area contributed by atoms with Crippen molar-refractivity contribution in [1.29, 1.82) is 0 Å². The first-order valence-electron chi connectivity index (χ1n) is 7.20. The van der Waals surface area contributed by atoms with E-state index in [0.29, 0.717) is 5.92 Å². The molecule has 8 heteroatoms. The van der Waals surface area contributed by atoms with Crippen molar-refractivity contribution in [3.8, 4) is 0 Å². The molecule has 0 aliphatic rings. The highest BCUT2D eigenvalue weighted by Gasteiger charge is 2.29. The quantitative estimate of drug-likeness (QED) is 0.517. The van der Waals surface area contributed by atoms with Gasteiger partial charge in [-0.25, -0.2) is 9.59 Å². The highest BCUT2D eigenvalue weighted by Crippen LogP contribution is 2.26. The number of hydrogen-bond donors (Lipinski definition) is 5. The summed E-state index contributed by atoms with van der Waals surface area (Å²) in [5, 5.41) is 32.5. The molecule has 1 heterocycles. The second-order valence-corrected chi connectivity index (χ2v) is 5.40. The summed E-state index contributed by atoms with van der Waals surface area (Å²) in [5.41, 5.74) is 7.16. The number of aliphatic hydroxyl groups is 2. The van der Waals surface area contributed by atoms with Crippen molar-refractivity contribution >= 4 is 11.9 Å². The molecular formula is C15H25NO7. The number of furan rings is 1. The molecule has 1 rings (SSSR count). The fourth-order valence-electron chi connectivity index (χ4n) is 1.75. The van der Waals surface area contributed by atoms with E-state index in [1.54, 1.807) is 0 Å². The van der Waals surface area contributed by atoms with Gasteiger partial charge in [0.15, 0.2) is 12.2 Å². The molecule has 0 aliphatic carbocycles. The third kappa shape index (κ3) is 6.39. The topological polar surface area (TPSA) is 154 Å². The van der Waals surface area contributed by atoms with Crippen LogP contribution in [0.15, 0.2) is 10.5 Å². The van der Waals surface area contributed by atoms with Gasteiger partial charge in [0.05, 0.1) is 6.04 Å². The molecule has 0 saturated heterocycles. The second-order valence-electron chi connectivity index (χ2n) is 5.40. The smallest absolute Gasteiger partial charge is 0.335 e. The van der Waals surface area contributed by atoms with E-state index >= 15 is 0 Å². The second kappa shape index (κ2) is 9.29. The molecule has 23 heavy (non-hydrogen) atoms. The first-order chi connectivity index (χ1) is 10.5. The Labute approximate surface area is 134 Å². The molecule has 0 amide bonds. The number of aliphatic hydroxyl groups excluding tert-OH is 2. The molecule has 1 aromatic heterocycles. The lowest BCUT2D eigenvalue weighted by atomic mass is 10.0. The van der Waals surface area contributed by atoms with Crippen LogP contribution in [-0.4, -0.2) is 44.6 Å². The normalized spacial score (nSPS) is 14.6. The molecule has 0 fully saturated rings. The number of nitrogens with two attached hydrogens (primary N) is 1. The van der Waals surface area contributed by atoms with E-state index in [1.165, 1.54) is 5.56 Å². The van der Waals surface area contributed by atoms with Crippen LogP contribution in [0.2, 0.25) is 0 Å². The summed E-state index contributed by atoms with van der Waals surface area (Å²) in [4.78, 5) is 19.5. The van der Waals surface area contributed by atoms with Crippen molar-refractivity contribution in [2.24, 2.45) is 5.73 Å². The highest BCUT2D eigenvalue weighted by molar-refractivity contribution is 5.83. The van der Waals surface area contributed by atoms with Crippen molar-refractivity contribution in [1.82, 2.24) is 0 Å². The fraction of sp³-hybridized carbons (Fsp3) is 0.600. The van der Waals surface area contributed by atoms with E-state index in [4.69, 9.17) is 30.6 Å². The molecule has 8 nitrogen and oxygen atoms in total. The summed E-state index contributed by atoms with van der Waals surface area (Å²) in [5.74, 6) is -1.09. The molecule has 0 aromatic carbocycles. The Hall–Kier alpha value is -1.90. The van der Waals surface area contributed by atoms with E-state index in [9.17, 15) is 9.59 Å². The first kappa shape index (κ1) is 21.1. The van der Waals surface area contributed by atoms with Crippen LogP contribution in [0.1, 0.15) is 56.2 Å². The molecule has 1 aromatic rings. The Morgan fingerprint density at radius 3 is 1.87 bits per heavy atom. The van der Waals surface area contributed by atoms with Crippen molar-refractivity contribution in [2.75, 3.05) is 0 Å². The zero-order chi connectivity index (χ0) is 18.3. The average molecular weight is 331 g/mol. The third-order valence-corrected chi connectivity index (χ3v) is 3.21. The van der Waals surface area contributed by atoms with Gasteiger partial charge >= 0.3 is 11.9 Å². The number of hydrogen-bond acceptors (Lipinski definition) is 6. The molecular weight excluding hydrogens is 306 g/mol. The van der Waals surface area contributed by atoms with Crippen LogP contribution in [0.4, 0.5) is 0 Å². The van der Waals surface area contributed by atoms with Gasteiger partial charge in [-0.15, -0.1) is 0 Å². The van der Waals surface area contributed by atoms with E-state index in [-0.39, 0.29) is 6.04 Å². The standard InChI is InChI=1S/C11H19NO.C4H6O6/c1-5-10(12)11-6-9(7(2)3)8(4)13-11;5-1(3(7)8)2(6)4(9)10/h6-7,10H,5,12H2,1-4H3;1-2,5-6H,(H,7,8)(H,9,10). The van der Waals surface area contributed by atoms with Gasteiger partial charge in [-0.3, -0.25) is 0 Å².